The predicted molar refractivity (Wildman–Crippen MR) is 144 cm³/mol. The molecule has 0 bridgehead atoms. The Morgan fingerprint density at radius 3 is 2.48 bits per heavy atom. The number of hydrogen-bond acceptors (Lipinski definition) is 9. The Morgan fingerprint density at radius 2 is 1.80 bits per heavy atom. The Morgan fingerprint density at radius 1 is 1.05 bits per heavy atom. The van der Waals surface area contributed by atoms with Gasteiger partial charge in [0.05, 0.1) is 31.7 Å². The van der Waals surface area contributed by atoms with Crippen LogP contribution >= 0.6 is 0 Å². The molecule has 214 valence electrons. The molecule has 1 saturated heterocycles. The second-order valence-corrected chi connectivity index (χ2v) is 10.7. The molecule has 4 rings (SSSR count). The van der Waals surface area contributed by atoms with Crippen molar-refractivity contribution in [1.29, 1.82) is 5.26 Å². The first-order valence-corrected chi connectivity index (χ1v) is 13.4. The molecule has 2 aromatic rings. The van der Waals surface area contributed by atoms with Gasteiger partial charge in [-0.15, -0.1) is 0 Å². The zero-order valence-corrected chi connectivity index (χ0v) is 23.5. The number of nitrogens with zero attached hydrogens (tertiary/aromatic N) is 6. The first kappa shape index (κ1) is 28.7. The van der Waals surface area contributed by atoms with Gasteiger partial charge in [0.25, 0.3) is 0 Å². The number of esters is 1. The molecule has 1 aromatic carbocycles. The number of carbonyl (C=O) groups excluding carboxylic acids is 3. The highest BCUT2D eigenvalue weighted by Gasteiger charge is 2.38. The van der Waals surface area contributed by atoms with E-state index < -0.39 is 29.8 Å². The summed E-state index contributed by atoms with van der Waals surface area (Å²) in [6.45, 7) is 9.42. The Hall–Kier alpha value is -4.27. The molecule has 2 aliphatic heterocycles. The van der Waals surface area contributed by atoms with E-state index in [-0.39, 0.29) is 31.9 Å². The minimum absolute atomic E-state index is 0.0963. The van der Waals surface area contributed by atoms with Crippen molar-refractivity contribution >= 4 is 24.0 Å². The Labute approximate surface area is 234 Å². The minimum atomic E-state index is -0.636. The molecule has 0 radical (unpaired) electrons. The van der Waals surface area contributed by atoms with Crippen LogP contribution in [0.15, 0.2) is 30.3 Å². The fourth-order valence-electron chi connectivity index (χ4n) is 4.83. The topological polar surface area (TPSA) is 130 Å². The highest BCUT2D eigenvalue weighted by Crippen LogP contribution is 2.30. The average molecular weight is 553 g/mol. The molecule has 0 saturated carbocycles. The molecule has 0 N–H and O–H groups in total. The number of carbonyl (C=O) groups is 3. The second kappa shape index (κ2) is 12.3. The lowest BCUT2D eigenvalue weighted by molar-refractivity contribution is 0.0195. The average Bonchev–Trinajstić information content (AvgIpc) is 3.31. The van der Waals surface area contributed by atoms with Crippen LogP contribution in [0.2, 0.25) is 0 Å². The van der Waals surface area contributed by atoms with E-state index in [9.17, 15) is 19.6 Å². The number of piperazine rings is 1. The number of rotatable bonds is 6. The first-order chi connectivity index (χ1) is 19.1. The number of imidazole rings is 1. The van der Waals surface area contributed by atoms with Crippen molar-refractivity contribution in [2.45, 2.75) is 65.5 Å². The lowest BCUT2D eigenvalue weighted by atomic mass is 10.1. The van der Waals surface area contributed by atoms with Crippen molar-refractivity contribution in [3.63, 3.8) is 0 Å². The number of benzene rings is 1. The lowest BCUT2D eigenvalue weighted by Gasteiger charge is -2.41. The van der Waals surface area contributed by atoms with Crippen molar-refractivity contribution in [2.75, 3.05) is 37.7 Å². The molecule has 3 heterocycles. The summed E-state index contributed by atoms with van der Waals surface area (Å²) in [4.78, 5) is 48.3. The summed E-state index contributed by atoms with van der Waals surface area (Å²) in [7, 11) is 0. The smallest absolute Gasteiger partial charge is 0.410 e. The Bertz CT molecular complexity index is 1260. The van der Waals surface area contributed by atoms with Gasteiger partial charge in [-0.1, -0.05) is 30.3 Å². The van der Waals surface area contributed by atoms with Gasteiger partial charge in [-0.05, 0) is 33.3 Å². The van der Waals surface area contributed by atoms with Crippen molar-refractivity contribution in [1.82, 2.24) is 19.4 Å². The fourth-order valence-corrected chi connectivity index (χ4v) is 4.83. The third-order valence-electron chi connectivity index (χ3n) is 6.62. The van der Waals surface area contributed by atoms with Crippen molar-refractivity contribution < 1.29 is 28.6 Å². The molecule has 1 atom stereocenters. The van der Waals surface area contributed by atoms with Crippen LogP contribution in [0.3, 0.4) is 0 Å². The van der Waals surface area contributed by atoms with Gasteiger partial charge >= 0.3 is 18.2 Å². The summed E-state index contributed by atoms with van der Waals surface area (Å²) in [6.07, 6.45) is -0.839. The van der Waals surface area contributed by atoms with Crippen LogP contribution in [0.5, 0.6) is 0 Å². The summed E-state index contributed by atoms with van der Waals surface area (Å²) in [5.74, 6) is 0.541. The van der Waals surface area contributed by atoms with E-state index in [1.807, 2.05) is 60.6 Å². The molecule has 1 aromatic heterocycles. The normalized spacial score (nSPS) is 17.1. The van der Waals surface area contributed by atoms with Crippen LogP contribution in [-0.4, -0.2) is 81.9 Å². The number of ether oxygens (including phenoxy) is 3. The van der Waals surface area contributed by atoms with Gasteiger partial charge in [-0.3, -0.25) is 4.90 Å². The molecule has 0 aliphatic carbocycles. The zero-order valence-electron chi connectivity index (χ0n) is 23.5. The maximum Gasteiger partial charge on any atom is 0.410 e. The maximum atomic E-state index is 13.0. The molecule has 1 fully saturated rings. The van der Waals surface area contributed by atoms with Gasteiger partial charge in [-0.2, -0.15) is 5.26 Å². The van der Waals surface area contributed by atoms with Crippen LogP contribution in [0.4, 0.5) is 15.4 Å². The molecule has 40 heavy (non-hydrogen) atoms. The molecule has 2 aliphatic rings. The van der Waals surface area contributed by atoms with Crippen molar-refractivity contribution in [3.05, 3.63) is 47.4 Å². The van der Waals surface area contributed by atoms with Gasteiger partial charge in [0, 0.05) is 32.7 Å². The molecule has 12 heteroatoms. The highest BCUT2D eigenvalue weighted by molar-refractivity contribution is 5.93. The Kier molecular flexibility index (Phi) is 8.82. The molecule has 0 spiro atoms. The summed E-state index contributed by atoms with van der Waals surface area (Å²) in [5, 5.41) is 9.52. The van der Waals surface area contributed by atoms with E-state index in [2.05, 4.69) is 11.1 Å². The van der Waals surface area contributed by atoms with Crippen LogP contribution in [0, 0.1) is 11.3 Å². The van der Waals surface area contributed by atoms with E-state index in [1.165, 1.54) is 0 Å². The summed E-state index contributed by atoms with van der Waals surface area (Å²) in [6, 6.07) is 11.1. The SMILES string of the molecule is CCOC(=O)c1nc2n(c1N1CCN(C(=O)OCc3ccccc3)[C@@H](CC#N)C1)CCN(C(=O)OC(C)(C)C)C2. The van der Waals surface area contributed by atoms with Gasteiger partial charge < -0.3 is 28.6 Å². The molecular formula is C28H36N6O6. The number of nitriles is 1. The van der Waals surface area contributed by atoms with Crippen LogP contribution in [0.25, 0.3) is 0 Å². The molecular weight excluding hydrogens is 516 g/mol. The summed E-state index contributed by atoms with van der Waals surface area (Å²) >= 11 is 0. The van der Waals surface area contributed by atoms with Crippen LogP contribution < -0.4 is 4.90 Å². The van der Waals surface area contributed by atoms with Crippen LogP contribution in [-0.2, 0) is 33.9 Å². The molecule has 2 amide bonds. The van der Waals surface area contributed by atoms with Crippen molar-refractivity contribution in [2.24, 2.45) is 0 Å². The summed E-state index contributed by atoms with van der Waals surface area (Å²) in [5.41, 5.74) is 0.387. The third-order valence-corrected chi connectivity index (χ3v) is 6.62. The zero-order chi connectivity index (χ0) is 28.9. The quantitative estimate of drug-likeness (QED) is 0.390. The van der Waals surface area contributed by atoms with E-state index in [4.69, 9.17) is 14.2 Å². The third kappa shape index (κ3) is 6.65. The number of anilines is 1. The van der Waals surface area contributed by atoms with Gasteiger partial charge in [0.1, 0.15) is 23.9 Å². The first-order valence-electron chi connectivity index (χ1n) is 13.4. The van der Waals surface area contributed by atoms with E-state index in [1.54, 1.807) is 16.7 Å². The molecule has 12 nitrogen and oxygen atoms in total. The van der Waals surface area contributed by atoms with E-state index in [0.29, 0.717) is 44.4 Å². The van der Waals surface area contributed by atoms with Crippen LogP contribution in [0.1, 0.15) is 56.0 Å². The maximum absolute atomic E-state index is 13.0. The standard InChI is InChI=1S/C28H36N6O6/c1-5-38-25(35)23-24(34-16-14-32(18-22(34)30-23)26(36)40-28(2,3)4)31-13-15-33(21(17-31)11-12-29)27(37)39-19-20-9-7-6-8-10-20/h6-10,21H,5,11,13-19H2,1-4H3/t21-/m0/s1. The van der Waals surface area contributed by atoms with E-state index in [0.717, 1.165) is 5.56 Å². The lowest BCUT2D eigenvalue weighted by Crippen LogP contribution is -2.56. The molecule has 0 unspecified atom stereocenters. The second-order valence-electron chi connectivity index (χ2n) is 10.7. The predicted octanol–water partition coefficient (Wildman–Crippen LogP) is 3.55. The Balaban J connectivity index is 1.55. The summed E-state index contributed by atoms with van der Waals surface area (Å²) < 4.78 is 18.3. The minimum Gasteiger partial charge on any atom is -0.461 e. The number of aromatic nitrogens is 2. The fraction of sp³-hybridized carbons (Fsp3) is 0.536. The van der Waals surface area contributed by atoms with Gasteiger partial charge in [0.15, 0.2) is 5.69 Å². The van der Waals surface area contributed by atoms with Crippen molar-refractivity contribution in [3.8, 4) is 6.07 Å². The number of hydrogen-bond donors (Lipinski definition) is 0. The van der Waals surface area contributed by atoms with Gasteiger partial charge in [0.2, 0.25) is 0 Å². The van der Waals surface area contributed by atoms with E-state index >= 15 is 0 Å². The largest absolute Gasteiger partial charge is 0.461 e. The number of fused-ring (bicyclic) bond motifs is 1. The van der Waals surface area contributed by atoms with Gasteiger partial charge in [-0.25, -0.2) is 19.4 Å². The number of amides is 2. The monoisotopic (exact) mass is 552 g/mol. The highest BCUT2D eigenvalue weighted by atomic mass is 16.6.